The number of carbonyl (C=O) groups excluding carboxylic acids is 1. The fourth-order valence-electron chi connectivity index (χ4n) is 4.42. The minimum absolute atomic E-state index is 0.0176. The second kappa shape index (κ2) is 11.9. The molecule has 2 aliphatic rings. The minimum atomic E-state index is -3.56. The van der Waals surface area contributed by atoms with Gasteiger partial charge >= 0.3 is 11.7 Å². The summed E-state index contributed by atoms with van der Waals surface area (Å²) in [4.78, 5) is 38.3. The normalized spacial score (nSPS) is 22.8. The fourth-order valence-corrected chi connectivity index (χ4v) is 6.41. The van der Waals surface area contributed by atoms with Crippen LogP contribution in [0, 0.1) is 5.92 Å². The van der Waals surface area contributed by atoms with Crippen LogP contribution in [0.15, 0.2) is 40.1 Å². The molecular formula is C25H34N3O9P. The maximum absolute atomic E-state index is 14.0. The zero-order chi connectivity index (χ0) is 27.4. The number of nitrogens with zero attached hydrogens (tertiary/aromatic N) is 1. The van der Waals surface area contributed by atoms with Gasteiger partial charge in [0.05, 0.1) is 18.8 Å². The smallest absolute Gasteiger partial charge is 0.330 e. The van der Waals surface area contributed by atoms with Gasteiger partial charge < -0.3 is 23.5 Å². The highest BCUT2D eigenvalue weighted by Crippen LogP contribution is 2.46. The van der Waals surface area contributed by atoms with Crippen molar-refractivity contribution in [3.63, 3.8) is 0 Å². The average molecular weight is 552 g/mol. The molecule has 2 aromatic rings. The number of rotatable bonds is 11. The number of esters is 1. The molecule has 1 aromatic heterocycles. The summed E-state index contributed by atoms with van der Waals surface area (Å²) in [6.07, 6.45) is 1.07. The summed E-state index contributed by atoms with van der Waals surface area (Å²) in [6, 6.07) is 5.88. The first-order valence-corrected chi connectivity index (χ1v) is 14.4. The second-order valence-electron chi connectivity index (χ2n) is 9.85. The maximum Gasteiger partial charge on any atom is 0.330 e. The van der Waals surface area contributed by atoms with Gasteiger partial charge in [-0.15, -0.1) is 0 Å². The van der Waals surface area contributed by atoms with Crippen molar-refractivity contribution < 1.29 is 32.8 Å². The van der Waals surface area contributed by atoms with E-state index in [4.69, 9.17) is 23.5 Å². The number of carbonyl (C=O) groups is 1. The molecule has 12 nitrogen and oxygen atoms in total. The van der Waals surface area contributed by atoms with Crippen LogP contribution >= 0.6 is 7.52 Å². The summed E-state index contributed by atoms with van der Waals surface area (Å²) in [6.45, 7) is 7.11. The van der Waals surface area contributed by atoms with Crippen molar-refractivity contribution in [2.45, 2.75) is 65.0 Å². The number of aryl methyl sites for hydroxylation is 1. The van der Waals surface area contributed by atoms with Crippen molar-refractivity contribution in [3.05, 3.63) is 56.9 Å². The lowest BCUT2D eigenvalue weighted by molar-refractivity contribution is -0.149. The van der Waals surface area contributed by atoms with Gasteiger partial charge in [-0.2, -0.15) is 0 Å². The van der Waals surface area contributed by atoms with Crippen LogP contribution in [0.4, 0.5) is 0 Å². The molecule has 2 aliphatic heterocycles. The summed E-state index contributed by atoms with van der Waals surface area (Å²) < 4.78 is 43.3. The van der Waals surface area contributed by atoms with Gasteiger partial charge in [-0.3, -0.25) is 23.7 Å². The summed E-state index contributed by atoms with van der Waals surface area (Å²) in [5.41, 5.74) is -0.179. The Balaban J connectivity index is 1.44. The molecule has 5 unspecified atom stereocenters. The number of aromatic amines is 1. The molecular weight excluding hydrogens is 517 g/mol. The van der Waals surface area contributed by atoms with Gasteiger partial charge in [0.2, 0.25) is 6.79 Å². The van der Waals surface area contributed by atoms with Gasteiger partial charge in [0.25, 0.3) is 13.1 Å². The Hall–Kier alpha value is -2.92. The lowest BCUT2D eigenvalue weighted by Crippen LogP contribution is -2.36. The molecule has 13 heteroatoms. The number of fused-ring (bicyclic) bond motifs is 1. The summed E-state index contributed by atoms with van der Waals surface area (Å²) in [7, 11) is -3.56. The van der Waals surface area contributed by atoms with E-state index in [1.54, 1.807) is 26.8 Å². The van der Waals surface area contributed by atoms with Crippen LogP contribution in [0.3, 0.4) is 0 Å². The highest BCUT2D eigenvalue weighted by atomic mass is 31.2. The molecule has 38 heavy (non-hydrogen) atoms. The minimum Gasteiger partial charge on any atom is -0.462 e. The molecule has 3 heterocycles. The van der Waals surface area contributed by atoms with Gasteiger partial charge in [0, 0.05) is 24.3 Å². The Morgan fingerprint density at radius 3 is 2.71 bits per heavy atom. The molecule has 1 aromatic carbocycles. The van der Waals surface area contributed by atoms with Crippen molar-refractivity contribution in [2.24, 2.45) is 5.92 Å². The van der Waals surface area contributed by atoms with E-state index >= 15 is 0 Å². The van der Waals surface area contributed by atoms with Crippen LogP contribution < -0.4 is 25.8 Å². The molecule has 1 saturated heterocycles. The lowest BCUT2D eigenvalue weighted by atomic mass is 10.1. The van der Waals surface area contributed by atoms with Gasteiger partial charge in [-0.1, -0.05) is 13.0 Å². The van der Waals surface area contributed by atoms with E-state index in [0.29, 0.717) is 24.3 Å². The molecule has 0 radical (unpaired) electrons. The standard InChI is InChI=1S/C25H34N3O9P/c1-15(2)36-24(30)17(4)27-38(32,10-8-18-5-6-20-21(12-18)34-14-33-20)35-13-19-11-16(3)23(37-19)28-9-7-22(29)26-25(28)31/h5-7,9,12,15-17,19,23H,8,10-11,13-14H2,1-4H3,(H,27,32)(H,26,29,31). The first kappa shape index (κ1) is 28.1. The zero-order valence-electron chi connectivity index (χ0n) is 21.9. The number of ether oxygens (including phenoxy) is 4. The van der Waals surface area contributed by atoms with E-state index < -0.39 is 43.1 Å². The molecule has 2 N–H and O–H groups in total. The van der Waals surface area contributed by atoms with Crippen LogP contribution in [0.2, 0.25) is 0 Å². The van der Waals surface area contributed by atoms with Crippen LogP contribution in [0.1, 0.15) is 45.9 Å². The Morgan fingerprint density at radius 1 is 1.21 bits per heavy atom. The SMILES string of the molecule is CC(C)OC(=O)C(C)NP(=O)(CCc1ccc2c(c1)OCO2)OCC1CC(C)C(n2ccc(=O)[nH]c2=O)O1. The Kier molecular flexibility index (Phi) is 8.77. The average Bonchev–Trinajstić information content (AvgIpc) is 3.47. The molecule has 0 amide bonds. The topological polar surface area (TPSA) is 147 Å². The van der Waals surface area contributed by atoms with E-state index in [9.17, 15) is 18.9 Å². The van der Waals surface area contributed by atoms with Crippen molar-refractivity contribution >= 4 is 13.5 Å². The van der Waals surface area contributed by atoms with Crippen molar-refractivity contribution in [2.75, 3.05) is 19.6 Å². The Morgan fingerprint density at radius 2 is 1.97 bits per heavy atom. The molecule has 0 bridgehead atoms. The van der Waals surface area contributed by atoms with Crippen molar-refractivity contribution in [1.29, 1.82) is 0 Å². The summed E-state index contributed by atoms with van der Waals surface area (Å²) in [5.74, 6) is 0.681. The molecule has 0 aliphatic carbocycles. The van der Waals surface area contributed by atoms with E-state index in [0.717, 1.165) is 5.56 Å². The van der Waals surface area contributed by atoms with Crippen molar-refractivity contribution in [1.82, 2.24) is 14.6 Å². The predicted octanol–water partition coefficient (Wildman–Crippen LogP) is 2.57. The first-order valence-electron chi connectivity index (χ1n) is 12.6. The quantitative estimate of drug-likeness (QED) is 0.315. The number of hydrogen-bond acceptors (Lipinski definition) is 9. The zero-order valence-corrected chi connectivity index (χ0v) is 22.8. The van der Waals surface area contributed by atoms with Crippen molar-refractivity contribution in [3.8, 4) is 11.5 Å². The molecule has 1 fully saturated rings. The number of hydrogen-bond donors (Lipinski definition) is 2. The van der Waals surface area contributed by atoms with Crippen LogP contribution in [-0.2, 0) is 29.8 Å². The molecule has 4 rings (SSSR count). The summed E-state index contributed by atoms with van der Waals surface area (Å²) >= 11 is 0. The highest BCUT2D eigenvalue weighted by molar-refractivity contribution is 7.56. The third kappa shape index (κ3) is 6.93. The number of H-pyrrole nitrogens is 1. The Labute approximate surface area is 220 Å². The van der Waals surface area contributed by atoms with E-state index in [-0.39, 0.29) is 31.6 Å². The monoisotopic (exact) mass is 551 g/mol. The van der Waals surface area contributed by atoms with Gasteiger partial charge in [0.1, 0.15) is 12.3 Å². The first-order chi connectivity index (χ1) is 18.0. The predicted molar refractivity (Wildman–Crippen MR) is 138 cm³/mol. The second-order valence-corrected chi connectivity index (χ2v) is 12.2. The molecule has 0 spiro atoms. The van der Waals surface area contributed by atoms with E-state index in [2.05, 4.69) is 10.1 Å². The maximum atomic E-state index is 14.0. The number of aromatic nitrogens is 2. The summed E-state index contributed by atoms with van der Waals surface area (Å²) in [5, 5.41) is 2.87. The molecule has 0 saturated carbocycles. The fraction of sp³-hybridized carbons (Fsp3) is 0.560. The lowest BCUT2D eigenvalue weighted by Gasteiger charge is -2.25. The van der Waals surface area contributed by atoms with Crippen LogP contribution in [0.25, 0.3) is 0 Å². The van der Waals surface area contributed by atoms with Gasteiger partial charge in [0.15, 0.2) is 11.5 Å². The molecule has 5 atom stereocenters. The highest BCUT2D eigenvalue weighted by Gasteiger charge is 2.37. The number of benzene rings is 1. The third-order valence-electron chi connectivity index (χ3n) is 6.28. The van der Waals surface area contributed by atoms with Crippen LogP contribution in [0.5, 0.6) is 11.5 Å². The number of nitrogens with one attached hydrogen (secondary N) is 2. The largest absolute Gasteiger partial charge is 0.462 e. The van der Waals surface area contributed by atoms with E-state index in [1.165, 1.54) is 16.8 Å². The third-order valence-corrected chi connectivity index (χ3v) is 8.43. The molecule has 208 valence electrons. The Bertz CT molecular complexity index is 1310. The van der Waals surface area contributed by atoms with Crippen LogP contribution in [-0.4, -0.2) is 53.3 Å². The van der Waals surface area contributed by atoms with E-state index in [1.807, 2.05) is 19.1 Å². The van der Waals surface area contributed by atoms with Gasteiger partial charge in [-0.25, -0.2) is 9.88 Å². The van der Waals surface area contributed by atoms with Gasteiger partial charge in [-0.05, 0) is 51.3 Å².